The van der Waals surface area contributed by atoms with Crippen LogP contribution < -0.4 is 4.74 Å². The van der Waals surface area contributed by atoms with Gasteiger partial charge >= 0.3 is 5.97 Å². The Bertz CT molecular complexity index is 1440. The predicted octanol–water partition coefficient (Wildman–Crippen LogP) is 6.49. The van der Waals surface area contributed by atoms with Crippen LogP contribution in [0.5, 0.6) is 5.75 Å². The van der Waals surface area contributed by atoms with Crippen LogP contribution in [0.3, 0.4) is 0 Å². The summed E-state index contributed by atoms with van der Waals surface area (Å²) in [6.45, 7) is 2.37. The number of benzene rings is 3. The van der Waals surface area contributed by atoms with Crippen LogP contribution in [0.4, 0.5) is 0 Å². The normalized spacial score (nSPS) is 11.2. The van der Waals surface area contributed by atoms with Crippen molar-refractivity contribution >= 4 is 27.8 Å². The molecule has 5 heteroatoms. The van der Waals surface area contributed by atoms with Crippen molar-refractivity contribution < 1.29 is 19.1 Å². The van der Waals surface area contributed by atoms with Gasteiger partial charge in [-0.3, -0.25) is 0 Å². The van der Waals surface area contributed by atoms with Crippen LogP contribution in [0.15, 0.2) is 83.5 Å². The third-order valence-corrected chi connectivity index (χ3v) is 5.61. The Morgan fingerprint density at radius 2 is 1.81 bits per heavy atom. The van der Waals surface area contributed by atoms with Crippen molar-refractivity contribution in [1.29, 1.82) is 0 Å². The summed E-state index contributed by atoms with van der Waals surface area (Å²) in [6.07, 6.45) is 2.35. The lowest BCUT2D eigenvalue weighted by Crippen LogP contribution is -2.05. The number of carboxylic acid groups (broad SMARTS) is 1. The number of para-hydroxylation sites is 1. The van der Waals surface area contributed by atoms with Gasteiger partial charge in [0.1, 0.15) is 24.2 Å². The van der Waals surface area contributed by atoms with E-state index in [-0.39, 0.29) is 5.56 Å². The number of rotatable bonds is 6. The highest BCUT2D eigenvalue weighted by Gasteiger charge is 2.20. The number of hydrogen-bond donors (Lipinski definition) is 1. The number of aromatic nitrogens is 1. The second kappa shape index (κ2) is 8.19. The largest absolute Gasteiger partial charge is 0.488 e. The SMILES string of the molecule is CCc1ccc(OCc2ccccc2)c2c(C(=O)O)cc(-c3coc4ccccc34)nc12. The van der Waals surface area contributed by atoms with Crippen molar-refractivity contribution in [2.75, 3.05) is 0 Å². The Morgan fingerprint density at radius 1 is 1.03 bits per heavy atom. The van der Waals surface area contributed by atoms with Crippen LogP contribution in [0.1, 0.15) is 28.4 Å². The first-order chi connectivity index (χ1) is 15.7. The molecular weight excluding hydrogens is 402 g/mol. The molecule has 2 aromatic heterocycles. The summed E-state index contributed by atoms with van der Waals surface area (Å²) in [4.78, 5) is 17.2. The molecule has 5 rings (SSSR count). The molecule has 32 heavy (non-hydrogen) atoms. The van der Waals surface area contributed by atoms with E-state index in [4.69, 9.17) is 14.1 Å². The maximum Gasteiger partial charge on any atom is 0.336 e. The molecule has 5 aromatic rings. The van der Waals surface area contributed by atoms with Gasteiger partial charge in [0.2, 0.25) is 0 Å². The molecule has 0 bridgehead atoms. The number of hydrogen-bond acceptors (Lipinski definition) is 4. The number of aryl methyl sites for hydroxylation is 1. The van der Waals surface area contributed by atoms with Crippen molar-refractivity contribution in [3.8, 4) is 17.0 Å². The van der Waals surface area contributed by atoms with Crippen molar-refractivity contribution in [1.82, 2.24) is 4.98 Å². The number of pyridine rings is 1. The molecule has 0 radical (unpaired) electrons. The van der Waals surface area contributed by atoms with E-state index in [2.05, 4.69) is 0 Å². The smallest absolute Gasteiger partial charge is 0.336 e. The fourth-order valence-corrected chi connectivity index (χ4v) is 3.99. The van der Waals surface area contributed by atoms with Gasteiger partial charge in [-0.05, 0) is 35.7 Å². The summed E-state index contributed by atoms with van der Waals surface area (Å²) in [5, 5.41) is 11.5. The molecular formula is C27H21NO4. The molecule has 5 nitrogen and oxygen atoms in total. The van der Waals surface area contributed by atoms with Gasteiger partial charge in [-0.25, -0.2) is 9.78 Å². The van der Waals surface area contributed by atoms with Gasteiger partial charge in [0.15, 0.2) is 0 Å². The molecule has 0 saturated carbocycles. The standard InChI is InChI=1S/C27H21NO4/c1-2-18-12-13-24(31-15-17-8-4-3-5-9-17)25-20(27(29)30)14-22(28-26(18)25)21-16-32-23-11-7-6-10-19(21)23/h3-14,16H,2,15H2,1H3,(H,29,30). The zero-order valence-corrected chi connectivity index (χ0v) is 17.5. The Kier molecular flexibility index (Phi) is 5.07. The predicted molar refractivity (Wildman–Crippen MR) is 124 cm³/mol. The van der Waals surface area contributed by atoms with E-state index < -0.39 is 5.97 Å². The van der Waals surface area contributed by atoms with Gasteiger partial charge in [-0.1, -0.05) is 61.5 Å². The number of fused-ring (bicyclic) bond motifs is 2. The minimum atomic E-state index is -1.02. The molecule has 1 N–H and O–H groups in total. The first-order valence-electron chi connectivity index (χ1n) is 10.5. The molecule has 2 heterocycles. The zero-order chi connectivity index (χ0) is 22.1. The van der Waals surface area contributed by atoms with E-state index in [0.29, 0.717) is 29.0 Å². The maximum absolute atomic E-state index is 12.3. The Balaban J connectivity index is 1.70. The molecule has 0 aliphatic heterocycles. The molecule has 0 aliphatic carbocycles. The van der Waals surface area contributed by atoms with E-state index in [1.165, 1.54) is 0 Å². The summed E-state index contributed by atoms with van der Waals surface area (Å²) in [6, 6.07) is 22.8. The number of carboxylic acids is 1. The van der Waals surface area contributed by atoms with Crippen molar-refractivity contribution in [3.05, 3.63) is 95.7 Å². The van der Waals surface area contributed by atoms with Crippen molar-refractivity contribution in [2.45, 2.75) is 20.0 Å². The highest BCUT2D eigenvalue weighted by molar-refractivity contribution is 6.08. The first-order valence-corrected chi connectivity index (χ1v) is 10.5. The lowest BCUT2D eigenvalue weighted by Gasteiger charge is -2.15. The van der Waals surface area contributed by atoms with E-state index >= 15 is 0 Å². The number of nitrogens with zero attached hydrogens (tertiary/aromatic N) is 1. The number of carbonyl (C=O) groups is 1. The van der Waals surface area contributed by atoms with Crippen LogP contribution in [-0.4, -0.2) is 16.1 Å². The second-order valence-corrected chi connectivity index (χ2v) is 7.58. The average molecular weight is 423 g/mol. The number of furan rings is 1. The van der Waals surface area contributed by atoms with E-state index in [9.17, 15) is 9.90 Å². The number of ether oxygens (including phenoxy) is 1. The third-order valence-electron chi connectivity index (χ3n) is 5.61. The van der Waals surface area contributed by atoms with Crippen LogP contribution in [0.2, 0.25) is 0 Å². The van der Waals surface area contributed by atoms with Crippen LogP contribution in [0.25, 0.3) is 33.1 Å². The van der Waals surface area contributed by atoms with Crippen molar-refractivity contribution in [3.63, 3.8) is 0 Å². The maximum atomic E-state index is 12.3. The summed E-state index contributed by atoms with van der Waals surface area (Å²) in [7, 11) is 0. The summed E-state index contributed by atoms with van der Waals surface area (Å²) in [5.74, 6) is -0.515. The molecule has 158 valence electrons. The lowest BCUT2D eigenvalue weighted by molar-refractivity contribution is 0.0698. The molecule has 0 saturated heterocycles. The van der Waals surface area contributed by atoms with Crippen LogP contribution in [0, 0.1) is 0 Å². The van der Waals surface area contributed by atoms with Crippen LogP contribution >= 0.6 is 0 Å². The Morgan fingerprint density at radius 3 is 2.59 bits per heavy atom. The van der Waals surface area contributed by atoms with E-state index in [1.807, 2.05) is 73.7 Å². The van der Waals surface area contributed by atoms with Crippen LogP contribution in [-0.2, 0) is 13.0 Å². The molecule has 0 spiro atoms. The highest BCUT2D eigenvalue weighted by atomic mass is 16.5. The molecule has 0 fully saturated rings. The summed E-state index contributed by atoms with van der Waals surface area (Å²) in [5.41, 5.74) is 4.83. The first kappa shape index (κ1) is 19.8. The molecule has 0 unspecified atom stereocenters. The van der Waals surface area contributed by atoms with Gasteiger partial charge in [0, 0.05) is 10.9 Å². The highest BCUT2D eigenvalue weighted by Crippen LogP contribution is 2.36. The fraction of sp³-hybridized carbons (Fsp3) is 0.111. The molecule has 0 amide bonds. The van der Waals surface area contributed by atoms with Gasteiger partial charge < -0.3 is 14.3 Å². The van der Waals surface area contributed by atoms with Gasteiger partial charge in [-0.2, -0.15) is 0 Å². The average Bonchev–Trinajstić information content (AvgIpc) is 3.26. The van der Waals surface area contributed by atoms with E-state index in [1.54, 1.807) is 12.3 Å². The molecule has 3 aromatic carbocycles. The zero-order valence-electron chi connectivity index (χ0n) is 17.5. The minimum absolute atomic E-state index is 0.161. The second-order valence-electron chi connectivity index (χ2n) is 7.58. The third kappa shape index (κ3) is 3.48. The fourth-order valence-electron chi connectivity index (χ4n) is 3.99. The van der Waals surface area contributed by atoms with Gasteiger partial charge in [-0.15, -0.1) is 0 Å². The monoisotopic (exact) mass is 423 g/mol. The molecule has 0 atom stereocenters. The summed E-state index contributed by atoms with van der Waals surface area (Å²) >= 11 is 0. The molecule has 0 aliphatic rings. The van der Waals surface area contributed by atoms with Gasteiger partial charge in [0.25, 0.3) is 0 Å². The minimum Gasteiger partial charge on any atom is -0.488 e. The lowest BCUT2D eigenvalue weighted by atomic mass is 9.99. The Labute approximate surface area is 184 Å². The van der Waals surface area contributed by atoms with Crippen molar-refractivity contribution in [2.24, 2.45) is 0 Å². The summed E-state index contributed by atoms with van der Waals surface area (Å²) < 4.78 is 11.7. The number of aromatic carboxylic acids is 1. The topological polar surface area (TPSA) is 72.6 Å². The quantitative estimate of drug-likeness (QED) is 0.338. The Hall–Kier alpha value is -4.12. The van der Waals surface area contributed by atoms with Gasteiger partial charge in [0.05, 0.1) is 22.2 Å². The van der Waals surface area contributed by atoms with E-state index in [0.717, 1.165) is 34.1 Å².